The van der Waals surface area contributed by atoms with Crippen LogP contribution in [0.4, 0.5) is 18.0 Å². The Morgan fingerprint density at radius 3 is 2.10 bits per heavy atom. The first-order chi connectivity index (χ1) is 14.2. The molecular formula is C21H19F3N2O4. The van der Waals surface area contributed by atoms with Gasteiger partial charge in [-0.05, 0) is 22.3 Å². The molecule has 0 bridgehead atoms. The van der Waals surface area contributed by atoms with Crippen LogP contribution in [0.2, 0.25) is 0 Å². The van der Waals surface area contributed by atoms with Crippen molar-refractivity contribution in [2.75, 3.05) is 26.2 Å². The molecule has 1 heterocycles. The summed E-state index contributed by atoms with van der Waals surface area (Å²) in [5.41, 5.74) is 2.38. The highest BCUT2D eigenvalue weighted by Gasteiger charge is 2.53. The lowest BCUT2D eigenvalue weighted by Gasteiger charge is -2.46. The number of amides is 1. The Balaban J connectivity index is 1.40. The van der Waals surface area contributed by atoms with Gasteiger partial charge in [0, 0.05) is 5.92 Å². The second-order valence-corrected chi connectivity index (χ2v) is 7.52. The maximum absolute atomic E-state index is 12.4. The fraction of sp³-hybridized carbons (Fsp3) is 0.333. The minimum atomic E-state index is -4.55. The molecule has 1 saturated heterocycles. The van der Waals surface area contributed by atoms with Crippen molar-refractivity contribution in [3.63, 3.8) is 0 Å². The first-order valence-electron chi connectivity index (χ1n) is 9.35. The Labute approximate surface area is 170 Å². The Morgan fingerprint density at radius 2 is 1.60 bits per heavy atom. The van der Waals surface area contributed by atoms with Gasteiger partial charge in [-0.1, -0.05) is 48.5 Å². The van der Waals surface area contributed by atoms with Crippen molar-refractivity contribution < 1.29 is 32.6 Å². The summed E-state index contributed by atoms with van der Waals surface area (Å²) in [6, 6.07) is 15.6. The quantitative estimate of drug-likeness (QED) is 0.777. The van der Waals surface area contributed by atoms with Gasteiger partial charge in [-0.25, -0.2) is 4.79 Å². The zero-order chi connectivity index (χ0) is 21.5. The molecule has 0 radical (unpaired) electrons. The van der Waals surface area contributed by atoms with Crippen LogP contribution < -0.4 is 5.32 Å². The maximum Gasteiger partial charge on any atom is 0.409 e. The number of nitrogens with one attached hydrogen (secondary N) is 1. The number of halogens is 3. The molecule has 1 amide bonds. The minimum Gasteiger partial charge on any atom is -0.480 e. The fourth-order valence-electron chi connectivity index (χ4n) is 4.01. The van der Waals surface area contributed by atoms with Gasteiger partial charge in [-0.2, -0.15) is 13.2 Å². The van der Waals surface area contributed by atoms with Gasteiger partial charge in [0.15, 0.2) is 5.54 Å². The van der Waals surface area contributed by atoms with E-state index in [4.69, 9.17) is 4.74 Å². The number of alkyl halides is 3. The highest BCUT2D eigenvalue weighted by atomic mass is 19.4. The van der Waals surface area contributed by atoms with Crippen molar-refractivity contribution in [2.24, 2.45) is 0 Å². The van der Waals surface area contributed by atoms with E-state index in [0.717, 1.165) is 27.2 Å². The van der Waals surface area contributed by atoms with Crippen LogP contribution in [0.5, 0.6) is 0 Å². The third-order valence-corrected chi connectivity index (χ3v) is 5.55. The van der Waals surface area contributed by atoms with Crippen molar-refractivity contribution in [1.82, 2.24) is 10.2 Å². The lowest BCUT2D eigenvalue weighted by Crippen LogP contribution is -2.75. The molecule has 2 N–H and O–H groups in total. The number of carboxylic acids is 1. The lowest BCUT2D eigenvalue weighted by molar-refractivity contribution is -0.158. The standard InChI is InChI=1S/C21H19F3N2O4/c22-21(23,24)10-25-20(18(27)28)11-26(12-20)19(29)30-9-17-15-7-3-1-5-13(15)14-6-2-4-8-16(14)17/h1-8,17,25H,9-12H2,(H,27,28). The number of fused-ring (bicyclic) bond motifs is 3. The molecule has 0 unspecified atom stereocenters. The number of carbonyl (C=O) groups excluding carboxylic acids is 1. The van der Waals surface area contributed by atoms with Crippen molar-refractivity contribution >= 4 is 12.1 Å². The molecule has 1 fully saturated rings. The fourth-order valence-corrected chi connectivity index (χ4v) is 4.01. The van der Waals surface area contributed by atoms with Crippen LogP contribution in [-0.2, 0) is 9.53 Å². The lowest BCUT2D eigenvalue weighted by atomic mass is 9.90. The van der Waals surface area contributed by atoms with Crippen LogP contribution in [0.1, 0.15) is 17.0 Å². The number of carboxylic acid groups (broad SMARTS) is 1. The summed E-state index contributed by atoms with van der Waals surface area (Å²) in [6.45, 7) is -2.18. The van der Waals surface area contributed by atoms with E-state index in [1.165, 1.54) is 0 Å². The van der Waals surface area contributed by atoms with Crippen molar-refractivity contribution in [2.45, 2.75) is 17.6 Å². The van der Waals surface area contributed by atoms with Gasteiger partial charge in [0.2, 0.25) is 0 Å². The predicted molar refractivity (Wildman–Crippen MR) is 101 cm³/mol. The van der Waals surface area contributed by atoms with E-state index in [2.05, 4.69) is 0 Å². The zero-order valence-corrected chi connectivity index (χ0v) is 15.8. The molecular weight excluding hydrogens is 401 g/mol. The summed E-state index contributed by atoms with van der Waals surface area (Å²) in [7, 11) is 0. The Morgan fingerprint density at radius 1 is 1.07 bits per heavy atom. The Kier molecular flexibility index (Phi) is 4.93. The summed E-state index contributed by atoms with van der Waals surface area (Å²) >= 11 is 0. The number of rotatable bonds is 5. The van der Waals surface area contributed by atoms with E-state index < -0.39 is 43.4 Å². The molecule has 6 nitrogen and oxygen atoms in total. The van der Waals surface area contributed by atoms with Crippen molar-refractivity contribution in [3.05, 3.63) is 59.7 Å². The van der Waals surface area contributed by atoms with Crippen LogP contribution in [-0.4, -0.2) is 60.0 Å². The highest BCUT2D eigenvalue weighted by Crippen LogP contribution is 2.44. The molecule has 30 heavy (non-hydrogen) atoms. The summed E-state index contributed by atoms with van der Waals surface area (Å²) in [4.78, 5) is 24.9. The number of nitrogens with zero attached hydrogens (tertiary/aromatic N) is 1. The molecule has 0 atom stereocenters. The van der Waals surface area contributed by atoms with Crippen LogP contribution in [0, 0.1) is 0 Å². The van der Waals surface area contributed by atoms with Crippen LogP contribution >= 0.6 is 0 Å². The van der Waals surface area contributed by atoms with E-state index in [-0.39, 0.29) is 12.5 Å². The first-order valence-corrected chi connectivity index (χ1v) is 9.35. The molecule has 2 aromatic carbocycles. The van der Waals surface area contributed by atoms with Gasteiger partial charge >= 0.3 is 18.2 Å². The van der Waals surface area contributed by atoms with E-state index in [0.29, 0.717) is 0 Å². The van der Waals surface area contributed by atoms with E-state index in [9.17, 15) is 27.9 Å². The molecule has 1 aliphatic heterocycles. The SMILES string of the molecule is O=C(OCC1c2ccccc2-c2ccccc21)N1CC(NCC(F)(F)F)(C(=O)O)C1. The van der Waals surface area contributed by atoms with Gasteiger partial charge in [-0.15, -0.1) is 0 Å². The molecule has 0 saturated carbocycles. The smallest absolute Gasteiger partial charge is 0.409 e. The van der Waals surface area contributed by atoms with Gasteiger partial charge in [0.05, 0.1) is 19.6 Å². The van der Waals surface area contributed by atoms with Gasteiger partial charge in [0.25, 0.3) is 0 Å². The van der Waals surface area contributed by atoms with Crippen molar-refractivity contribution in [1.29, 1.82) is 0 Å². The molecule has 2 aliphatic rings. The Bertz CT molecular complexity index is 941. The van der Waals surface area contributed by atoms with Crippen molar-refractivity contribution in [3.8, 4) is 11.1 Å². The van der Waals surface area contributed by atoms with Crippen LogP contribution in [0.15, 0.2) is 48.5 Å². The Hall–Kier alpha value is -3.07. The largest absolute Gasteiger partial charge is 0.480 e. The zero-order valence-electron chi connectivity index (χ0n) is 15.8. The maximum atomic E-state index is 12.4. The number of likely N-dealkylation sites (tertiary alicyclic amines) is 1. The number of hydrogen-bond acceptors (Lipinski definition) is 4. The molecule has 2 aromatic rings. The van der Waals surface area contributed by atoms with Gasteiger partial charge < -0.3 is 14.7 Å². The molecule has 0 spiro atoms. The number of aliphatic carboxylic acids is 1. The molecule has 158 valence electrons. The molecule has 0 aromatic heterocycles. The van der Waals surface area contributed by atoms with Crippen LogP contribution in [0.25, 0.3) is 11.1 Å². The third kappa shape index (κ3) is 3.60. The van der Waals surface area contributed by atoms with E-state index >= 15 is 0 Å². The number of carbonyl (C=O) groups is 2. The monoisotopic (exact) mass is 420 g/mol. The van der Waals surface area contributed by atoms with E-state index in [1.54, 1.807) is 0 Å². The minimum absolute atomic E-state index is 0.0550. The topological polar surface area (TPSA) is 78.9 Å². The van der Waals surface area contributed by atoms with Crippen LogP contribution in [0.3, 0.4) is 0 Å². The average Bonchev–Trinajstić information content (AvgIpc) is 2.98. The molecule has 9 heteroatoms. The van der Waals surface area contributed by atoms with E-state index in [1.807, 2.05) is 53.8 Å². The second kappa shape index (κ2) is 7.32. The molecule has 4 rings (SSSR count). The summed E-state index contributed by atoms with van der Waals surface area (Å²) in [6.07, 6.45) is -5.30. The summed E-state index contributed by atoms with van der Waals surface area (Å²) < 4.78 is 42.7. The summed E-state index contributed by atoms with van der Waals surface area (Å²) in [5.74, 6) is -1.59. The summed E-state index contributed by atoms with van der Waals surface area (Å²) in [5, 5.41) is 11.3. The normalized spacial score (nSPS) is 17.1. The average molecular weight is 420 g/mol. The number of benzene rings is 2. The van der Waals surface area contributed by atoms with Gasteiger partial charge in [0.1, 0.15) is 6.61 Å². The second-order valence-electron chi connectivity index (χ2n) is 7.52. The number of hydrogen-bond donors (Lipinski definition) is 2. The molecule has 1 aliphatic carbocycles. The first kappa shape index (κ1) is 20.2. The highest BCUT2D eigenvalue weighted by molar-refractivity contribution is 5.84. The number of ether oxygens (including phenoxy) is 1. The van der Waals surface area contributed by atoms with Gasteiger partial charge in [-0.3, -0.25) is 10.1 Å². The third-order valence-electron chi connectivity index (χ3n) is 5.55. The predicted octanol–water partition coefficient (Wildman–Crippen LogP) is 3.23.